The molecular formula is C15H24FNO2S. The van der Waals surface area contributed by atoms with Gasteiger partial charge in [0.2, 0.25) is 0 Å². The van der Waals surface area contributed by atoms with Gasteiger partial charge in [-0.2, -0.15) is 0 Å². The number of hydrogen-bond donors (Lipinski definition) is 1. The zero-order valence-electron chi connectivity index (χ0n) is 12.4. The first-order valence-corrected chi connectivity index (χ1v) is 8.91. The van der Waals surface area contributed by atoms with Crippen LogP contribution in [0.3, 0.4) is 0 Å². The lowest BCUT2D eigenvalue weighted by atomic mass is 10.0. The smallest absolute Gasteiger partial charge is 0.150 e. The number of rotatable bonds is 8. The molecule has 1 aromatic carbocycles. The van der Waals surface area contributed by atoms with Crippen LogP contribution >= 0.6 is 0 Å². The maximum atomic E-state index is 13.5. The van der Waals surface area contributed by atoms with Crippen molar-refractivity contribution in [3.05, 3.63) is 35.1 Å². The Balaban J connectivity index is 2.73. The van der Waals surface area contributed by atoms with Crippen LogP contribution in [0, 0.1) is 12.7 Å². The summed E-state index contributed by atoms with van der Waals surface area (Å²) in [6.07, 6.45) is 1.28. The third-order valence-electron chi connectivity index (χ3n) is 3.31. The molecule has 1 unspecified atom stereocenters. The quantitative estimate of drug-likeness (QED) is 0.803. The Labute approximate surface area is 121 Å². The maximum absolute atomic E-state index is 13.5. The second-order valence-electron chi connectivity index (χ2n) is 5.05. The average molecular weight is 301 g/mol. The van der Waals surface area contributed by atoms with Crippen molar-refractivity contribution in [3.63, 3.8) is 0 Å². The topological polar surface area (TPSA) is 46.2 Å². The first kappa shape index (κ1) is 17.1. The molecule has 0 saturated carbocycles. The molecule has 0 aliphatic heterocycles. The minimum absolute atomic E-state index is 0.00135. The van der Waals surface area contributed by atoms with Gasteiger partial charge < -0.3 is 5.32 Å². The van der Waals surface area contributed by atoms with E-state index in [0.717, 1.165) is 17.7 Å². The summed E-state index contributed by atoms with van der Waals surface area (Å²) in [5, 5.41) is 3.30. The van der Waals surface area contributed by atoms with Crippen molar-refractivity contribution >= 4 is 9.84 Å². The van der Waals surface area contributed by atoms with Gasteiger partial charge in [-0.05, 0) is 49.6 Å². The van der Waals surface area contributed by atoms with Gasteiger partial charge in [-0.25, -0.2) is 12.8 Å². The molecule has 0 heterocycles. The van der Waals surface area contributed by atoms with Gasteiger partial charge in [0, 0.05) is 11.8 Å². The lowest BCUT2D eigenvalue weighted by Gasteiger charge is -2.19. The zero-order chi connectivity index (χ0) is 15.2. The van der Waals surface area contributed by atoms with Crippen LogP contribution in [0.2, 0.25) is 0 Å². The Morgan fingerprint density at radius 1 is 1.25 bits per heavy atom. The molecule has 3 nitrogen and oxygen atoms in total. The normalized spacial score (nSPS) is 13.4. The molecule has 0 aromatic heterocycles. The van der Waals surface area contributed by atoms with Gasteiger partial charge in [0.1, 0.15) is 15.7 Å². The molecule has 0 spiro atoms. The van der Waals surface area contributed by atoms with Gasteiger partial charge in [0.25, 0.3) is 0 Å². The molecular weight excluding hydrogens is 277 g/mol. The first-order chi connectivity index (χ1) is 9.38. The number of benzene rings is 1. The third-order valence-corrected chi connectivity index (χ3v) is 5.10. The molecule has 5 heteroatoms. The fourth-order valence-electron chi connectivity index (χ4n) is 2.25. The molecule has 1 rings (SSSR count). The summed E-state index contributed by atoms with van der Waals surface area (Å²) in [6, 6.07) is 4.97. The highest BCUT2D eigenvalue weighted by atomic mass is 32.2. The van der Waals surface area contributed by atoms with Crippen molar-refractivity contribution in [1.29, 1.82) is 0 Å². The van der Waals surface area contributed by atoms with E-state index in [1.807, 2.05) is 19.9 Å². The molecule has 1 atom stereocenters. The summed E-state index contributed by atoms with van der Waals surface area (Å²) >= 11 is 0. The highest BCUT2D eigenvalue weighted by molar-refractivity contribution is 7.91. The molecule has 0 radical (unpaired) electrons. The van der Waals surface area contributed by atoms with E-state index in [0.29, 0.717) is 12.8 Å². The molecule has 0 bridgehead atoms. The van der Waals surface area contributed by atoms with Gasteiger partial charge in [0.15, 0.2) is 0 Å². The molecule has 114 valence electrons. The van der Waals surface area contributed by atoms with Crippen LogP contribution < -0.4 is 5.32 Å². The monoisotopic (exact) mass is 301 g/mol. The van der Waals surface area contributed by atoms with Crippen LogP contribution in [0.1, 0.15) is 43.9 Å². The van der Waals surface area contributed by atoms with Crippen LogP contribution in [0.5, 0.6) is 0 Å². The van der Waals surface area contributed by atoms with Crippen molar-refractivity contribution < 1.29 is 12.8 Å². The van der Waals surface area contributed by atoms with Crippen molar-refractivity contribution in [3.8, 4) is 0 Å². The fraction of sp³-hybridized carbons (Fsp3) is 0.600. The van der Waals surface area contributed by atoms with E-state index in [1.165, 1.54) is 12.1 Å². The second-order valence-corrected chi connectivity index (χ2v) is 7.52. The molecule has 0 saturated heterocycles. The van der Waals surface area contributed by atoms with E-state index < -0.39 is 9.84 Å². The minimum Gasteiger partial charge on any atom is -0.310 e. The molecule has 0 amide bonds. The summed E-state index contributed by atoms with van der Waals surface area (Å²) in [5.41, 5.74) is 1.77. The van der Waals surface area contributed by atoms with Crippen LogP contribution in [0.15, 0.2) is 18.2 Å². The van der Waals surface area contributed by atoms with E-state index in [1.54, 1.807) is 6.92 Å². The molecule has 20 heavy (non-hydrogen) atoms. The summed E-state index contributed by atoms with van der Waals surface area (Å²) in [7, 11) is -2.93. The Morgan fingerprint density at radius 2 is 1.95 bits per heavy atom. The third kappa shape index (κ3) is 5.59. The number of halogens is 1. The van der Waals surface area contributed by atoms with Crippen LogP contribution in [-0.2, 0) is 9.84 Å². The van der Waals surface area contributed by atoms with E-state index in [9.17, 15) is 12.8 Å². The van der Waals surface area contributed by atoms with Crippen molar-refractivity contribution in [1.82, 2.24) is 5.32 Å². The highest BCUT2D eigenvalue weighted by Gasteiger charge is 2.14. The van der Waals surface area contributed by atoms with E-state index >= 15 is 0 Å². The van der Waals surface area contributed by atoms with Crippen LogP contribution in [0.25, 0.3) is 0 Å². The van der Waals surface area contributed by atoms with Gasteiger partial charge in [-0.3, -0.25) is 0 Å². The predicted molar refractivity (Wildman–Crippen MR) is 81.1 cm³/mol. The minimum atomic E-state index is -2.93. The Morgan fingerprint density at radius 3 is 2.50 bits per heavy atom. The van der Waals surface area contributed by atoms with Gasteiger partial charge in [-0.1, -0.05) is 19.9 Å². The highest BCUT2D eigenvalue weighted by Crippen LogP contribution is 2.21. The molecule has 0 aliphatic rings. The van der Waals surface area contributed by atoms with E-state index in [2.05, 4.69) is 5.32 Å². The lowest BCUT2D eigenvalue weighted by molar-refractivity contribution is 0.502. The molecule has 1 aromatic rings. The lowest BCUT2D eigenvalue weighted by Crippen LogP contribution is -2.22. The summed E-state index contributed by atoms with van der Waals surface area (Å²) in [4.78, 5) is 0. The largest absolute Gasteiger partial charge is 0.310 e. The second kappa shape index (κ2) is 7.74. The molecule has 0 fully saturated rings. The molecule has 0 aliphatic carbocycles. The Bertz CT molecular complexity index is 508. The van der Waals surface area contributed by atoms with Crippen LogP contribution in [-0.4, -0.2) is 26.5 Å². The summed E-state index contributed by atoms with van der Waals surface area (Å²) in [6.45, 7) is 6.27. The van der Waals surface area contributed by atoms with Crippen LogP contribution in [0.4, 0.5) is 4.39 Å². The Kier molecular flexibility index (Phi) is 6.62. The fourth-order valence-corrected chi connectivity index (χ4v) is 3.15. The standard InChI is InChI=1S/C15H24FNO2S/c1-4-17-15(7-6-8-20(18,19)5-2)13-9-12(3)10-14(16)11-13/h9-11,15,17H,4-8H2,1-3H3. The summed E-state index contributed by atoms with van der Waals surface area (Å²) in [5.74, 6) is 0.126. The maximum Gasteiger partial charge on any atom is 0.150 e. The summed E-state index contributed by atoms with van der Waals surface area (Å²) < 4.78 is 36.5. The molecule has 1 N–H and O–H groups in total. The first-order valence-electron chi connectivity index (χ1n) is 7.09. The van der Waals surface area contributed by atoms with Gasteiger partial charge >= 0.3 is 0 Å². The van der Waals surface area contributed by atoms with E-state index in [4.69, 9.17) is 0 Å². The SMILES string of the molecule is CCNC(CCCS(=O)(=O)CC)c1cc(C)cc(F)c1. The average Bonchev–Trinajstić information content (AvgIpc) is 2.36. The number of aryl methyl sites for hydroxylation is 1. The van der Waals surface area contributed by atoms with Gasteiger partial charge in [-0.15, -0.1) is 0 Å². The predicted octanol–water partition coefficient (Wildman–Crippen LogP) is 3.00. The number of sulfone groups is 1. The van der Waals surface area contributed by atoms with Crippen molar-refractivity contribution in [2.24, 2.45) is 0 Å². The zero-order valence-corrected chi connectivity index (χ0v) is 13.3. The van der Waals surface area contributed by atoms with Gasteiger partial charge in [0.05, 0.1) is 5.75 Å². The van der Waals surface area contributed by atoms with E-state index in [-0.39, 0.29) is 23.4 Å². The Hall–Kier alpha value is -0.940. The van der Waals surface area contributed by atoms with Crippen molar-refractivity contribution in [2.75, 3.05) is 18.1 Å². The number of nitrogens with one attached hydrogen (secondary N) is 1. The number of hydrogen-bond acceptors (Lipinski definition) is 3. The van der Waals surface area contributed by atoms with Crippen molar-refractivity contribution in [2.45, 2.75) is 39.7 Å².